The molecule has 0 radical (unpaired) electrons. The summed E-state index contributed by atoms with van der Waals surface area (Å²) in [5, 5.41) is 3.20. The molecule has 0 aromatic heterocycles. The van der Waals surface area contributed by atoms with E-state index < -0.39 is 11.6 Å². The summed E-state index contributed by atoms with van der Waals surface area (Å²) >= 11 is 6.92. The molecule has 0 aliphatic carbocycles. The number of carbonyl (C=O) groups is 1. The maximum Gasteiger partial charge on any atom is 0.234 e. The van der Waals surface area contributed by atoms with Gasteiger partial charge in [-0.15, -0.1) is 11.8 Å². The van der Waals surface area contributed by atoms with Crippen LogP contribution >= 0.6 is 23.4 Å². The second-order valence-electron chi connectivity index (χ2n) is 4.71. The summed E-state index contributed by atoms with van der Waals surface area (Å²) in [7, 11) is 1.47. The smallest absolute Gasteiger partial charge is 0.234 e. The topological polar surface area (TPSA) is 38.3 Å². The molecule has 0 fully saturated rings. The zero-order valence-corrected chi connectivity index (χ0v) is 14.0. The predicted molar refractivity (Wildman–Crippen MR) is 88.5 cm³/mol. The number of benzene rings is 2. The number of carbonyl (C=O) groups excluding carboxylic acids is 1. The normalized spacial score (nSPS) is 10.5. The number of aryl methyl sites for hydroxylation is 1. The number of amides is 1. The Morgan fingerprint density at radius 1 is 1.30 bits per heavy atom. The van der Waals surface area contributed by atoms with E-state index in [-0.39, 0.29) is 16.6 Å². The monoisotopic (exact) mass is 357 g/mol. The van der Waals surface area contributed by atoms with E-state index in [9.17, 15) is 13.6 Å². The third-order valence-corrected chi connectivity index (χ3v) is 4.44. The van der Waals surface area contributed by atoms with Crippen molar-refractivity contribution in [2.75, 3.05) is 18.2 Å². The molecule has 3 nitrogen and oxygen atoms in total. The summed E-state index contributed by atoms with van der Waals surface area (Å²) in [6, 6.07) is 6.40. The minimum Gasteiger partial charge on any atom is -0.495 e. The first kappa shape index (κ1) is 17.6. The van der Waals surface area contributed by atoms with Gasteiger partial charge in [-0.1, -0.05) is 11.6 Å². The third kappa shape index (κ3) is 4.59. The van der Waals surface area contributed by atoms with Crippen LogP contribution in [0.1, 0.15) is 5.56 Å². The lowest BCUT2D eigenvalue weighted by Crippen LogP contribution is -2.15. The summed E-state index contributed by atoms with van der Waals surface area (Å²) in [5.74, 6) is -1.12. The van der Waals surface area contributed by atoms with Gasteiger partial charge in [0, 0.05) is 16.0 Å². The zero-order chi connectivity index (χ0) is 17.0. The lowest BCUT2D eigenvalue weighted by molar-refractivity contribution is -0.113. The second-order valence-corrected chi connectivity index (χ2v) is 6.14. The van der Waals surface area contributed by atoms with Gasteiger partial charge in [-0.3, -0.25) is 4.79 Å². The molecule has 0 heterocycles. The van der Waals surface area contributed by atoms with Crippen LogP contribution in [-0.4, -0.2) is 18.8 Å². The average molecular weight is 358 g/mol. The van der Waals surface area contributed by atoms with Crippen molar-refractivity contribution in [3.05, 3.63) is 52.6 Å². The van der Waals surface area contributed by atoms with Crippen LogP contribution in [0.4, 0.5) is 14.5 Å². The van der Waals surface area contributed by atoms with Crippen molar-refractivity contribution < 1.29 is 18.3 Å². The average Bonchev–Trinajstić information content (AvgIpc) is 2.51. The van der Waals surface area contributed by atoms with Crippen molar-refractivity contribution in [1.82, 2.24) is 0 Å². The molecule has 2 aromatic rings. The highest BCUT2D eigenvalue weighted by Crippen LogP contribution is 2.31. The molecule has 0 spiro atoms. The molecule has 0 saturated carbocycles. The maximum atomic E-state index is 13.5. The summed E-state index contributed by atoms with van der Waals surface area (Å²) < 4.78 is 31.8. The Kier molecular flexibility index (Phi) is 5.85. The van der Waals surface area contributed by atoms with Crippen LogP contribution < -0.4 is 10.1 Å². The van der Waals surface area contributed by atoms with Gasteiger partial charge in [-0.05, 0) is 36.8 Å². The Balaban J connectivity index is 2.05. The van der Waals surface area contributed by atoms with E-state index in [2.05, 4.69) is 5.32 Å². The highest BCUT2D eigenvalue weighted by atomic mass is 35.5. The van der Waals surface area contributed by atoms with Gasteiger partial charge < -0.3 is 10.1 Å². The standard InChI is InChI=1S/C16H14ClF2NO2S/c1-9-5-13(14(22-2)7-11(9)17)20-16(21)8-23-15-6-10(18)3-4-12(15)19/h3-7H,8H2,1-2H3,(H,20,21). The van der Waals surface area contributed by atoms with Crippen molar-refractivity contribution in [3.63, 3.8) is 0 Å². The summed E-state index contributed by atoms with van der Waals surface area (Å²) in [5.41, 5.74) is 1.26. The number of anilines is 1. The van der Waals surface area contributed by atoms with Crippen LogP contribution in [0.3, 0.4) is 0 Å². The van der Waals surface area contributed by atoms with Gasteiger partial charge in [0.25, 0.3) is 0 Å². The molecule has 0 aliphatic rings. The SMILES string of the molecule is COc1cc(Cl)c(C)cc1NC(=O)CSc1cc(F)ccc1F. The molecule has 2 aromatic carbocycles. The van der Waals surface area contributed by atoms with Gasteiger partial charge in [-0.2, -0.15) is 0 Å². The number of nitrogens with one attached hydrogen (secondary N) is 1. The van der Waals surface area contributed by atoms with Gasteiger partial charge in [-0.25, -0.2) is 8.78 Å². The molecule has 7 heteroatoms. The van der Waals surface area contributed by atoms with Crippen LogP contribution in [-0.2, 0) is 4.79 Å². The number of hydrogen-bond acceptors (Lipinski definition) is 3. The predicted octanol–water partition coefficient (Wildman–Crippen LogP) is 4.67. The molecule has 2 rings (SSSR count). The van der Waals surface area contributed by atoms with Gasteiger partial charge in [0.1, 0.15) is 17.4 Å². The summed E-state index contributed by atoms with van der Waals surface area (Å²) in [6.07, 6.45) is 0. The van der Waals surface area contributed by atoms with Gasteiger partial charge >= 0.3 is 0 Å². The van der Waals surface area contributed by atoms with E-state index in [1.165, 1.54) is 7.11 Å². The number of hydrogen-bond donors (Lipinski definition) is 1. The number of rotatable bonds is 5. The first-order valence-electron chi connectivity index (χ1n) is 6.62. The Labute approximate surface area is 142 Å². The molecule has 0 unspecified atom stereocenters. The molecule has 23 heavy (non-hydrogen) atoms. The first-order chi connectivity index (χ1) is 10.9. The Morgan fingerprint density at radius 2 is 2.04 bits per heavy atom. The third-order valence-electron chi connectivity index (χ3n) is 3.01. The van der Waals surface area contributed by atoms with E-state index in [1.54, 1.807) is 19.1 Å². The van der Waals surface area contributed by atoms with Crippen molar-refractivity contribution in [2.45, 2.75) is 11.8 Å². The molecule has 0 aliphatic heterocycles. The zero-order valence-electron chi connectivity index (χ0n) is 12.5. The van der Waals surface area contributed by atoms with E-state index >= 15 is 0 Å². The second kappa shape index (κ2) is 7.66. The molecule has 0 bridgehead atoms. The van der Waals surface area contributed by atoms with Crippen molar-refractivity contribution in [3.8, 4) is 5.75 Å². The lowest BCUT2D eigenvalue weighted by Gasteiger charge is -2.12. The Bertz CT molecular complexity index is 740. The molecule has 122 valence electrons. The highest BCUT2D eigenvalue weighted by molar-refractivity contribution is 8.00. The van der Waals surface area contributed by atoms with Gasteiger partial charge in [0.05, 0.1) is 18.6 Å². The number of methoxy groups -OCH3 is 1. The first-order valence-corrected chi connectivity index (χ1v) is 7.99. The van der Waals surface area contributed by atoms with Crippen LogP contribution in [0, 0.1) is 18.6 Å². The quantitative estimate of drug-likeness (QED) is 0.790. The minimum absolute atomic E-state index is 0.0643. The fourth-order valence-corrected chi connectivity index (χ4v) is 2.76. The molecule has 1 amide bonds. The summed E-state index contributed by atoms with van der Waals surface area (Å²) in [4.78, 5) is 12.1. The van der Waals surface area contributed by atoms with Gasteiger partial charge in [0.2, 0.25) is 5.91 Å². The van der Waals surface area contributed by atoms with Crippen LogP contribution in [0.25, 0.3) is 0 Å². The number of thioether (sulfide) groups is 1. The van der Waals surface area contributed by atoms with E-state index in [0.29, 0.717) is 16.5 Å². The van der Waals surface area contributed by atoms with Crippen LogP contribution in [0.2, 0.25) is 5.02 Å². The van der Waals surface area contributed by atoms with Gasteiger partial charge in [0.15, 0.2) is 0 Å². The Morgan fingerprint density at radius 3 is 2.74 bits per heavy atom. The van der Waals surface area contributed by atoms with E-state index in [1.807, 2.05) is 0 Å². The Hall–Kier alpha value is -1.79. The number of halogens is 3. The molecule has 0 atom stereocenters. The van der Waals surface area contributed by atoms with Crippen LogP contribution in [0.5, 0.6) is 5.75 Å². The highest BCUT2D eigenvalue weighted by Gasteiger charge is 2.12. The van der Waals surface area contributed by atoms with Crippen molar-refractivity contribution in [2.24, 2.45) is 0 Å². The number of ether oxygens (including phenoxy) is 1. The molecular formula is C16H14ClF2NO2S. The largest absolute Gasteiger partial charge is 0.495 e. The van der Waals surface area contributed by atoms with E-state index in [4.69, 9.17) is 16.3 Å². The van der Waals surface area contributed by atoms with Crippen molar-refractivity contribution in [1.29, 1.82) is 0 Å². The lowest BCUT2D eigenvalue weighted by atomic mass is 10.2. The van der Waals surface area contributed by atoms with Crippen LogP contribution in [0.15, 0.2) is 35.2 Å². The molecule has 0 saturated heterocycles. The molecular weight excluding hydrogens is 344 g/mol. The van der Waals surface area contributed by atoms with E-state index in [0.717, 1.165) is 35.5 Å². The fourth-order valence-electron chi connectivity index (χ4n) is 1.85. The fraction of sp³-hybridized carbons (Fsp3) is 0.188. The molecule has 1 N–H and O–H groups in total. The van der Waals surface area contributed by atoms with Crippen molar-refractivity contribution >= 4 is 35.0 Å². The summed E-state index contributed by atoms with van der Waals surface area (Å²) in [6.45, 7) is 1.80. The maximum absolute atomic E-state index is 13.5. The minimum atomic E-state index is -0.566.